The number of benzene rings is 1. The van der Waals surface area contributed by atoms with E-state index in [1.54, 1.807) is 42.6 Å². The maximum absolute atomic E-state index is 12.7. The van der Waals surface area contributed by atoms with Crippen LogP contribution < -0.4 is 4.74 Å². The smallest absolute Gasteiger partial charge is 0.244 e. The van der Waals surface area contributed by atoms with Crippen LogP contribution in [0.1, 0.15) is 12.8 Å². The van der Waals surface area contributed by atoms with Gasteiger partial charge in [-0.25, -0.2) is 8.42 Å². The van der Waals surface area contributed by atoms with Gasteiger partial charge in [-0.15, -0.1) is 0 Å². The third-order valence-corrected chi connectivity index (χ3v) is 5.74. The van der Waals surface area contributed by atoms with Crippen molar-refractivity contribution < 1.29 is 13.2 Å². The molecule has 2 aromatic rings. The maximum atomic E-state index is 12.7. The Morgan fingerprint density at radius 3 is 2.74 bits per heavy atom. The number of rotatable bonds is 7. The number of sulfonamides is 1. The lowest BCUT2D eigenvalue weighted by Crippen LogP contribution is -2.36. The van der Waals surface area contributed by atoms with Crippen molar-refractivity contribution in [3.63, 3.8) is 0 Å². The summed E-state index contributed by atoms with van der Waals surface area (Å²) >= 11 is 5.91. The van der Waals surface area contributed by atoms with Crippen LogP contribution in [0.25, 0.3) is 0 Å². The van der Waals surface area contributed by atoms with Gasteiger partial charge in [0.25, 0.3) is 0 Å². The zero-order valence-electron chi connectivity index (χ0n) is 12.4. The first-order valence-corrected chi connectivity index (χ1v) is 9.19. The molecule has 0 spiro atoms. The summed E-state index contributed by atoms with van der Waals surface area (Å²) in [7, 11) is -3.54. The number of halogens is 1. The summed E-state index contributed by atoms with van der Waals surface area (Å²) in [6.07, 6.45) is 4.71. The fourth-order valence-corrected chi connectivity index (χ4v) is 4.12. The van der Waals surface area contributed by atoms with Gasteiger partial charge in [-0.05, 0) is 43.2 Å². The van der Waals surface area contributed by atoms with E-state index in [0.717, 1.165) is 12.8 Å². The highest BCUT2D eigenvalue weighted by atomic mass is 35.5. The molecule has 0 atom stereocenters. The Balaban J connectivity index is 1.68. The van der Waals surface area contributed by atoms with Crippen LogP contribution in [0.5, 0.6) is 5.75 Å². The van der Waals surface area contributed by atoms with E-state index in [0.29, 0.717) is 17.3 Å². The first-order chi connectivity index (χ1) is 11.1. The number of hydrogen-bond donors (Lipinski definition) is 0. The van der Waals surface area contributed by atoms with Crippen LogP contribution in [0.4, 0.5) is 0 Å². The van der Waals surface area contributed by atoms with Crippen LogP contribution in [0.15, 0.2) is 53.7 Å². The lowest BCUT2D eigenvalue weighted by Gasteiger charge is -2.21. The van der Waals surface area contributed by atoms with Crippen LogP contribution in [0, 0.1) is 0 Å². The molecule has 0 amide bonds. The number of aromatic nitrogens is 1. The molecule has 1 aromatic carbocycles. The standard InChI is InChI=1S/C16H17ClN2O3S/c17-13-3-1-4-15(11-13)22-10-9-19(14-6-7-14)23(20,21)16-5-2-8-18-12-16/h1-5,8,11-12,14H,6-7,9-10H2. The lowest BCUT2D eigenvalue weighted by molar-refractivity contribution is 0.269. The molecule has 122 valence electrons. The van der Waals surface area contributed by atoms with Crippen LogP contribution in [-0.2, 0) is 10.0 Å². The minimum absolute atomic E-state index is 0.0585. The highest BCUT2D eigenvalue weighted by Gasteiger charge is 2.37. The van der Waals surface area contributed by atoms with Gasteiger partial charge in [0.15, 0.2) is 0 Å². The summed E-state index contributed by atoms with van der Waals surface area (Å²) < 4.78 is 32.6. The maximum Gasteiger partial charge on any atom is 0.244 e. The van der Waals surface area contributed by atoms with Gasteiger partial charge in [0, 0.05) is 30.0 Å². The van der Waals surface area contributed by atoms with Gasteiger partial charge >= 0.3 is 0 Å². The van der Waals surface area contributed by atoms with Crippen LogP contribution in [0.2, 0.25) is 5.02 Å². The topological polar surface area (TPSA) is 59.5 Å². The van der Waals surface area contributed by atoms with Crippen molar-refractivity contribution in [2.75, 3.05) is 13.2 Å². The first kappa shape index (κ1) is 16.2. The van der Waals surface area contributed by atoms with E-state index in [4.69, 9.17) is 16.3 Å². The van der Waals surface area contributed by atoms with Crippen molar-refractivity contribution in [2.24, 2.45) is 0 Å². The zero-order chi connectivity index (χ0) is 16.3. The van der Waals surface area contributed by atoms with Gasteiger partial charge in [0.1, 0.15) is 17.3 Å². The number of pyridine rings is 1. The molecule has 0 N–H and O–H groups in total. The fourth-order valence-electron chi connectivity index (χ4n) is 2.31. The van der Waals surface area contributed by atoms with E-state index in [-0.39, 0.29) is 17.5 Å². The molecule has 23 heavy (non-hydrogen) atoms. The van der Waals surface area contributed by atoms with Gasteiger partial charge in [0.2, 0.25) is 10.0 Å². The molecule has 1 aromatic heterocycles. The third kappa shape index (κ3) is 4.02. The van der Waals surface area contributed by atoms with Crippen LogP contribution >= 0.6 is 11.6 Å². The van der Waals surface area contributed by atoms with E-state index >= 15 is 0 Å². The van der Waals surface area contributed by atoms with Crippen LogP contribution in [-0.4, -0.2) is 36.9 Å². The molecule has 1 aliphatic carbocycles. The SMILES string of the molecule is O=S(=O)(c1cccnc1)N(CCOc1cccc(Cl)c1)C1CC1. The molecule has 7 heteroatoms. The summed E-state index contributed by atoms with van der Waals surface area (Å²) in [6, 6.07) is 10.3. The summed E-state index contributed by atoms with van der Waals surface area (Å²) in [5, 5.41) is 0.588. The average molecular weight is 353 g/mol. The number of ether oxygens (including phenoxy) is 1. The second kappa shape index (κ2) is 6.86. The molecule has 0 radical (unpaired) electrons. The Kier molecular flexibility index (Phi) is 4.84. The molecule has 0 saturated heterocycles. The Hall–Kier alpha value is -1.63. The highest BCUT2D eigenvalue weighted by Crippen LogP contribution is 2.31. The molecule has 0 unspecified atom stereocenters. The highest BCUT2D eigenvalue weighted by molar-refractivity contribution is 7.89. The lowest BCUT2D eigenvalue weighted by atomic mass is 10.3. The summed E-state index contributed by atoms with van der Waals surface area (Å²) in [4.78, 5) is 4.12. The molecule has 5 nitrogen and oxygen atoms in total. The monoisotopic (exact) mass is 352 g/mol. The molecule has 1 saturated carbocycles. The second-order valence-electron chi connectivity index (χ2n) is 5.34. The third-order valence-electron chi connectivity index (χ3n) is 3.57. The molecule has 1 heterocycles. The minimum Gasteiger partial charge on any atom is -0.492 e. The van der Waals surface area contributed by atoms with Gasteiger partial charge in [-0.1, -0.05) is 17.7 Å². The second-order valence-corrected chi connectivity index (χ2v) is 7.67. The van der Waals surface area contributed by atoms with Crippen molar-refractivity contribution in [3.05, 3.63) is 53.8 Å². The largest absolute Gasteiger partial charge is 0.492 e. The molecular formula is C16H17ClN2O3S. The van der Waals surface area contributed by atoms with Crippen LogP contribution in [0.3, 0.4) is 0 Å². The number of nitrogens with zero attached hydrogens (tertiary/aromatic N) is 2. The Morgan fingerprint density at radius 1 is 1.26 bits per heavy atom. The molecule has 0 aliphatic heterocycles. The Bertz CT molecular complexity index is 764. The normalized spacial score (nSPS) is 14.9. The first-order valence-electron chi connectivity index (χ1n) is 7.37. The quantitative estimate of drug-likeness (QED) is 0.768. The van der Waals surface area contributed by atoms with E-state index in [9.17, 15) is 8.42 Å². The minimum atomic E-state index is -3.54. The van der Waals surface area contributed by atoms with Gasteiger partial charge in [0.05, 0.1) is 0 Å². The summed E-state index contributed by atoms with van der Waals surface area (Å²) in [5.74, 6) is 0.632. The Labute approximate surface area is 140 Å². The molecular weight excluding hydrogens is 336 g/mol. The summed E-state index contributed by atoms with van der Waals surface area (Å²) in [6.45, 7) is 0.574. The zero-order valence-corrected chi connectivity index (χ0v) is 14.0. The molecule has 1 aliphatic rings. The van der Waals surface area contributed by atoms with Crippen molar-refractivity contribution >= 4 is 21.6 Å². The van der Waals surface area contributed by atoms with Gasteiger partial charge in [-0.3, -0.25) is 4.98 Å². The molecule has 1 fully saturated rings. The molecule has 0 bridgehead atoms. The number of hydrogen-bond acceptors (Lipinski definition) is 4. The average Bonchev–Trinajstić information content (AvgIpc) is 3.37. The van der Waals surface area contributed by atoms with Crippen molar-refractivity contribution in [2.45, 2.75) is 23.8 Å². The summed E-state index contributed by atoms with van der Waals surface area (Å²) in [5.41, 5.74) is 0. The van der Waals surface area contributed by atoms with Crippen molar-refractivity contribution in [1.82, 2.24) is 9.29 Å². The predicted molar refractivity (Wildman–Crippen MR) is 88.1 cm³/mol. The van der Waals surface area contributed by atoms with Gasteiger partial charge in [-0.2, -0.15) is 4.31 Å². The van der Waals surface area contributed by atoms with Gasteiger partial charge < -0.3 is 4.74 Å². The van der Waals surface area contributed by atoms with Crippen molar-refractivity contribution in [3.8, 4) is 5.75 Å². The van der Waals surface area contributed by atoms with E-state index in [2.05, 4.69) is 4.98 Å². The van der Waals surface area contributed by atoms with Crippen molar-refractivity contribution in [1.29, 1.82) is 0 Å². The fraction of sp³-hybridized carbons (Fsp3) is 0.312. The molecule has 3 rings (SSSR count). The van der Waals surface area contributed by atoms with E-state index in [1.807, 2.05) is 0 Å². The Morgan fingerprint density at radius 2 is 2.09 bits per heavy atom. The van der Waals surface area contributed by atoms with E-state index in [1.165, 1.54) is 10.5 Å². The van der Waals surface area contributed by atoms with E-state index < -0.39 is 10.0 Å². The predicted octanol–water partition coefficient (Wildman–Crippen LogP) is 2.97.